The van der Waals surface area contributed by atoms with Crippen molar-refractivity contribution in [2.75, 3.05) is 31.1 Å². The number of hydrogen-bond acceptors (Lipinski definition) is 5. The number of fused-ring (bicyclic) bond motifs is 1. The molecular formula is C27H33N3O3S. The number of carbonyl (C=O) groups excluding carboxylic acids is 3. The standard InChI is InChI=1S/C27H33N3O3S/c1-3-13-29(17-19-9-10-19)25(31)20-11-14-28(15-12-20)22-7-4-6-21-24(22)27(33)30(26(21)32)18(2)23-8-5-16-34-23/h4-8,16,18-20H,3,9-15,17H2,1-2H3/t18-/m1/s1. The summed E-state index contributed by atoms with van der Waals surface area (Å²) in [7, 11) is 0. The van der Waals surface area contributed by atoms with Gasteiger partial charge in [0.05, 0.1) is 22.9 Å². The van der Waals surface area contributed by atoms with Crippen molar-refractivity contribution in [2.45, 2.75) is 52.0 Å². The summed E-state index contributed by atoms with van der Waals surface area (Å²) >= 11 is 1.56. The number of thiophene rings is 1. The van der Waals surface area contributed by atoms with Gasteiger partial charge in [-0.3, -0.25) is 19.3 Å². The van der Waals surface area contributed by atoms with Crippen LogP contribution in [0.15, 0.2) is 35.7 Å². The van der Waals surface area contributed by atoms with Crippen LogP contribution in [0.25, 0.3) is 0 Å². The highest BCUT2D eigenvalue weighted by Crippen LogP contribution is 2.38. The van der Waals surface area contributed by atoms with Gasteiger partial charge in [-0.25, -0.2) is 0 Å². The first-order chi connectivity index (χ1) is 16.5. The molecule has 1 saturated heterocycles. The Hall–Kier alpha value is -2.67. The lowest BCUT2D eigenvalue weighted by Gasteiger charge is -2.36. The van der Waals surface area contributed by atoms with Gasteiger partial charge in [0.1, 0.15) is 0 Å². The second-order valence-electron chi connectivity index (χ2n) is 9.86. The topological polar surface area (TPSA) is 60.9 Å². The fourth-order valence-electron chi connectivity index (χ4n) is 5.36. The molecule has 2 aromatic rings. The minimum atomic E-state index is -0.292. The van der Waals surface area contributed by atoms with Gasteiger partial charge in [0, 0.05) is 37.0 Å². The van der Waals surface area contributed by atoms with Gasteiger partial charge in [-0.1, -0.05) is 19.1 Å². The average Bonchev–Trinajstić information content (AvgIpc) is 3.42. The smallest absolute Gasteiger partial charge is 0.264 e. The molecule has 0 bridgehead atoms. The van der Waals surface area contributed by atoms with Gasteiger partial charge in [-0.05, 0) is 68.5 Å². The number of nitrogens with zero attached hydrogens (tertiary/aromatic N) is 3. The highest BCUT2D eigenvalue weighted by Gasteiger charge is 2.42. The molecule has 2 aliphatic heterocycles. The molecule has 1 saturated carbocycles. The molecule has 3 aliphatic rings. The van der Waals surface area contributed by atoms with Gasteiger partial charge in [-0.15, -0.1) is 11.3 Å². The summed E-state index contributed by atoms with van der Waals surface area (Å²) in [6.45, 7) is 7.24. The predicted molar refractivity (Wildman–Crippen MR) is 134 cm³/mol. The monoisotopic (exact) mass is 479 g/mol. The molecule has 180 valence electrons. The Bertz CT molecular complexity index is 1070. The minimum Gasteiger partial charge on any atom is -0.371 e. The van der Waals surface area contributed by atoms with Crippen molar-refractivity contribution in [3.63, 3.8) is 0 Å². The second-order valence-corrected chi connectivity index (χ2v) is 10.8. The van der Waals surface area contributed by atoms with Crippen LogP contribution in [0.2, 0.25) is 0 Å². The van der Waals surface area contributed by atoms with E-state index in [9.17, 15) is 14.4 Å². The Balaban J connectivity index is 1.30. The number of carbonyl (C=O) groups is 3. The Morgan fingerprint density at radius 3 is 2.50 bits per heavy atom. The van der Waals surface area contributed by atoms with E-state index in [-0.39, 0.29) is 23.8 Å². The minimum absolute atomic E-state index is 0.0472. The molecular weight excluding hydrogens is 446 g/mol. The molecule has 0 spiro atoms. The van der Waals surface area contributed by atoms with Gasteiger partial charge in [0.2, 0.25) is 5.91 Å². The largest absolute Gasteiger partial charge is 0.371 e. The zero-order chi connectivity index (χ0) is 23.8. The van der Waals surface area contributed by atoms with Crippen LogP contribution < -0.4 is 4.90 Å². The van der Waals surface area contributed by atoms with Crippen LogP contribution in [-0.4, -0.2) is 53.7 Å². The highest BCUT2D eigenvalue weighted by molar-refractivity contribution is 7.10. The van der Waals surface area contributed by atoms with E-state index in [1.54, 1.807) is 17.4 Å². The molecule has 1 aromatic carbocycles. The molecule has 34 heavy (non-hydrogen) atoms. The summed E-state index contributed by atoms with van der Waals surface area (Å²) in [5.74, 6) is 0.613. The molecule has 3 heterocycles. The molecule has 1 aliphatic carbocycles. The molecule has 1 aromatic heterocycles. The lowest BCUT2D eigenvalue weighted by molar-refractivity contribution is -0.136. The van der Waals surface area contributed by atoms with Crippen molar-refractivity contribution in [1.29, 1.82) is 0 Å². The van der Waals surface area contributed by atoms with Crippen molar-refractivity contribution in [3.8, 4) is 0 Å². The van der Waals surface area contributed by atoms with Crippen LogP contribution in [-0.2, 0) is 4.79 Å². The molecule has 6 nitrogen and oxygen atoms in total. The van der Waals surface area contributed by atoms with E-state index in [2.05, 4.69) is 16.7 Å². The van der Waals surface area contributed by atoms with Crippen LogP contribution >= 0.6 is 11.3 Å². The lowest BCUT2D eigenvalue weighted by Crippen LogP contribution is -2.44. The molecule has 0 radical (unpaired) electrons. The molecule has 0 unspecified atom stereocenters. The van der Waals surface area contributed by atoms with Crippen LogP contribution in [0, 0.1) is 11.8 Å². The molecule has 0 N–H and O–H groups in total. The Kier molecular flexibility index (Phi) is 6.47. The molecule has 5 rings (SSSR count). The Morgan fingerprint density at radius 2 is 1.85 bits per heavy atom. The predicted octanol–water partition coefficient (Wildman–Crippen LogP) is 4.97. The van der Waals surface area contributed by atoms with Crippen LogP contribution in [0.5, 0.6) is 0 Å². The summed E-state index contributed by atoms with van der Waals surface area (Å²) in [4.78, 5) is 46.6. The third-order valence-electron chi connectivity index (χ3n) is 7.43. The fourth-order valence-corrected chi connectivity index (χ4v) is 6.13. The Labute approximate surface area is 205 Å². The van der Waals surface area contributed by atoms with E-state index in [0.717, 1.165) is 56.0 Å². The zero-order valence-electron chi connectivity index (χ0n) is 20.0. The first-order valence-electron chi connectivity index (χ1n) is 12.6. The van der Waals surface area contributed by atoms with E-state index >= 15 is 0 Å². The first-order valence-corrected chi connectivity index (χ1v) is 13.5. The second kappa shape index (κ2) is 9.53. The summed E-state index contributed by atoms with van der Waals surface area (Å²) < 4.78 is 0. The number of hydrogen-bond donors (Lipinski definition) is 0. The molecule has 7 heteroatoms. The number of anilines is 1. The van der Waals surface area contributed by atoms with Crippen molar-refractivity contribution < 1.29 is 14.4 Å². The van der Waals surface area contributed by atoms with E-state index in [1.807, 2.05) is 36.6 Å². The number of imide groups is 1. The third-order valence-corrected chi connectivity index (χ3v) is 8.47. The maximum Gasteiger partial charge on any atom is 0.264 e. The van der Waals surface area contributed by atoms with Crippen LogP contribution in [0.4, 0.5) is 5.69 Å². The first kappa shape index (κ1) is 23.1. The number of benzene rings is 1. The van der Waals surface area contributed by atoms with E-state index in [4.69, 9.17) is 0 Å². The van der Waals surface area contributed by atoms with Gasteiger partial charge < -0.3 is 9.80 Å². The summed E-state index contributed by atoms with van der Waals surface area (Å²) in [6, 6.07) is 9.19. The summed E-state index contributed by atoms with van der Waals surface area (Å²) in [5, 5.41) is 1.97. The third kappa shape index (κ3) is 4.26. The van der Waals surface area contributed by atoms with E-state index in [0.29, 0.717) is 23.0 Å². The van der Waals surface area contributed by atoms with Crippen molar-refractivity contribution in [2.24, 2.45) is 11.8 Å². The maximum atomic E-state index is 13.5. The lowest BCUT2D eigenvalue weighted by atomic mass is 9.93. The SMILES string of the molecule is CCCN(CC1CC1)C(=O)C1CCN(c2cccc3c2C(=O)N([C@H](C)c2cccs2)C3=O)CC1. The normalized spacial score (nSPS) is 19.5. The summed E-state index contributed by atoms with van der Waals surface area (Å²) in [6.07, 6.45) is 5.06. The molecule has 3 amide bonds. The average molecular weight is 480 g/mol. The number of amides is 3. The van der Waals surface area contributed by atoms with Gasteiger partial charge in [-0.2, -0.15) is 0 Å². The number of rotatable bonds is 8. The fraction of sp³-hybridized carbons (Fsp3) is 0.519. The summed E-state index contributed by atoms with van der Waals surface area (Å²) in [5.41, 5.74) is 1.83. The van der Waals surface area contributed by atoms with Crippen molar-refractivity contribution >= 4 is 34.7 Å². The van der Waals surface area contributed by atoms with E-state index < -0.39 is 0 Å². The quantitative estimate of drug-likeness (QED) is 0.502. The van der Waals surface area contributed by atoms with Crippen molar-refractivity contribution in [3.05, 3.63) is 51.7 Å². The zero-order valence-corrected chi connectivity index (χ0v) is 20.9. The van der Waals surface area contributed by atoms with Gasteiger partial charge in [0.15, 0.2) is 0 Å². The highest BCUT2D eigenvalue weighted by atomic mass is 32.1. The molecule has 2 fully saturated rings. The van der Waals surface area contributed by atoms with Gasteiger partial charge in [0.25, 0.3) is 11.8 Å². The van der Waals surface area contributed by atoms with Crippen LogP contribution in [0.3, 0.4) is 0 Å². The van der Waals surface area contributed by atoms with Crippen molar-refractivity contribution in [1.82, 2.24) is 9.80 Å². The Morgan fingerprint density at radius 1 is 1.09 bits per heavy atom. The van der Waals surface area contributed by atoms with Crippen LogP contribution in [0.1, 0.15) is 77.6 Å². The maximum absolute atomic E-state index is 13.5. The van der Waals surface area contributed by atoms with E-state index in [1.165, 1.54) is 17.7 Å². The van der Waals surface area contributed by atoms with Gasteiger partial charge >= 0.3 is 0 Å². The molecule has 1 atom stereocenters. The number of piperidine rings is 1.